The molecule has 162 valence electrons. The van der Waals surface area contributed by atoms with Crippen LogP contribution in [0.3, 0.4) is 0 Å². The van der Waals surface area contributed by atoms with Crippen molar-refractivity contribution in [3.63, 3.8) is 0 Å². The van der Waals surface area contributed by atoms with Crippen LogP contribution in [0.15, 0.2) is 42.6 Å². The van der Waals surface area contributed by atoms with E-state index in [2.05, 4.69) is 4.98 Å². The Bertz CT molecular complexity index is 1090. The largest absolute Gasteiger partial charge is 0.497 e. The number of hydrogen-bond acceptors (Lipinski definition) is 5. The first-order valence-electron chi connectivity index (χ1n) is 10.5. The van der Waals surface area contributed by atoms with Crippen molar-refractivity contribution in [2.75, 3.05) is 34.3 Å². The molecule has 0 aliphatic carbocycles. The van der Waals surface area contributed by atoms with E-state index in [1.165, 1.54) is 11.3 Å². The summed E-state index contributed by atoms with van der Waals surface area (Å²) < 4.78 is 5.19. The van der Waals surface area contributed by atoms with Gasteiger partial charge in [0.25, 0.3) is 5.91 Å². The normalized spacial score (nSPS) is 16.0. The second-order valence-corrected chi connectivity index (χ2v) is 9.07. The lowest BCUT2D eigenvalue weighted by Gasteiger charge is -2.18. The van der Waals surface area contributed by atoms with Crippen molar-refractivity contribution in [1.29, 1.82) is 0 Å². The van der Waals surface area contributed by atoms with E-state index >= 15 is 0 Å². The summed E-state index contributed by atoms with van der Waals surface area (Å²) >= 11 is 1.45. The van der Waals surface area contributed by atoms with Crippen molar-refractivity contribution in [2.24, 2.45) is 0 Å². The SMILES string of the molecule is COc1ccc(CCC(=O)N2CCC(c3c(C(=O)N(C)C)sc4ncccc34)C2)cc1. The van der Waals surface area contributed by atoms with Crippen molar-refractivity contribution in [2.45, 2.75) is 25.2 Å². The lowest BCUT2D eigenvalue weighted by atomic mass is 9.95. The molecule has 1 atom stereocenters. The number of likely N-dealkylation sites (tertiary alicyclic amines) is 1. The van der Waals surface area contributed by atoms with Crippen LogP contribution >= 0.6 is 11.3 Å². The Morgan fingerprint density at radius 3 is 2.71 bits per heavy atom. The van der Waals surface area contributed by atoms with Gasteiger partial charge in [-0.25, -0.2) is 4.98 Å². The van der Waals surface area contributed by atoms with Crippen LogP contribution in [0.2, 0.25) is 0 Å². The molecule has 0 spiro atoms. The fourth-order valence-corrected chi connectivity index (χ4v) is 5.39. The first-order chi connectivity index (χ1) is 15.0. The van der Waals surface area contributed by atoms with Crippen LogP contribution in [-0.4, -0.2) is 60.9 Å². The summed E-state index contributed by atoms with van der Waals surface area (Å²) in [4.78, 5) is 35.3. The number of aromatic nitrogens is 1. The number of benzene rings is 1. The molecule has 0 radical (unpaired) electrons. The number of nitrogens with zero attached hydrogens (tertiary/aromatic N) is 3. The first-order valence-corrected chi connectivity index (χ1v) is 11.3. The van der Waals surface area contributed by atoms with Crippen molar-refractivity contribution >= 4 is 33.4 Å². The average molecular weight is 438 g/mol. The van der Waals surface area contributed by atoms with Gasteiger partial charge in [-0.2, -0.15) is 0 Å². The molecule has 0 bridgehead atoms. The number of pyridine rings is 1. The van der Waals surface area contributed by atoms with Gasteiger partial charge in [0.15, 0.2) is 0 Å². The molecule has 4 rings (SSSR count). The Balaban J connectivity index is 1.48. The number of rotatable bonds is 6. The summed E-state index contributed by atoms with van der Waals surface area (Å²) in [6, 6.07) is 11.8. The molecule has 3 aromatic rings. The van der Waals surface area contributed by atoms with Crippen molar-refractivity contribution in [1.82, 2.24) is 14.8 Å². The summed E-state index contributed by atoms with van der Waals surface area (Å²) in [6.45, 7) is 1.37. The molecule has 6 nitrogen and oxygen atoms in total. The second-order valence-electron chi connectivity index (χ2n) is 8.07. The Morgan fingerprint density at radius 1 is 1.23 bits per heavy atom. The lowest BCUT2D eigenvalue weighted by molar-refractivity contribution is -0.130. The molecule has 0 saturated carbocycles. The molecular formula is C24H27N3O3S. The van der Waals surface area contributed by atoms with Crippen molar-refractivity contribution < 1.29 is 14.3 Å². The van der Waals surface area contributed by atoms with Crippen molar-refractivity contribution in [3.8, 4) is 5.75 Å². The number of carbonyl (C=O) groups is 2. The summed E-state index contributed by atoms with van der Waals surface area (Å²) in [6.07, 6.45) is 3.81. The fraction of sp³-hybridized carbons (Fsp3) is 0.375. The van der Waals surface area contributed by atoms with Gasteiger partial charge in [0.05, 0.1) is 12.0 Å². The van der Waals surface area contributed by atoms with E-state index in [1.54, 1.807) is 32.3 Å². The van der Waals surface area contributed by atoms with Crippen molar-refractivity contribution in [3.05, 3.63) is 58.6 Å². The molecule has 31 heavy (non-hydrogen) atoms. The van der Waals surface area contributed by atoms with Gasteiger partial charge in [-0.1, -0.05) is 18.2 Å². The minimum atomic E-state index is 0.00211. The highest BCUT2D eigenvalue weighted by Crippen LogP contribution is 2.39. The maximum absolute atomic E-state index is 12.9. The van der Waals surface area contributed by atoms with Gasteiger partial charge in [0.1, 0.15) is 10.6 Å². The van der Waals surface area contributed by atoms with Gasteiger partial charge >= 0.3 is 0 Å². The highest BCUT2D eigenvalue weighted by atomic mass is 32.1. The third-order valence-corrected chi connectivity index (χ3v) is 6.96. The minimum Gasteiger partial charge on any atom is -0.497 e. The molecule has 2 aromatic heterocycles. The smallest absolute Gasteiger partial charge is 0.263 e. The van der Waals surface area contributed by atoms with Gasteiger partial charge in [0, 0.05) is 51.1 Å². The Kier molecular flexibility index (Phi) is 6.23. The van der Waals surface area contributed by atoms with Gasteiger partial charge in [-0.15, -0.1) is 11.3 Å². The molecule has 1 saturated heterocycles. The standard InChI is InChI=1S/C24H27N3O3S/c1-26(2)24(29)22-21(19-5-4-13-25-23(19)31-22)17-12-14-27(15-17)20(28)11-8-16-6-9-18(30-3)10-7-16/h4-7,9-10,13,17H,8,11-12,14-15H2,1-3H3. The van der Waals surface area contributed by atoms with Crippen LogP contribution in [0.4, 0.5) is 0 Å². The number of carbonyl (C=O) groups excluding carboxylic acids is 2. The molecule has 1 unspecified atom stereocenters. The van der Waals surface area contributed by atoms with E-state index in [1.807, 2.05) is 41.3 Å². The second kappa shape index (κ2) is 9.06. The van der Waals surface area contributed by atoms with Crippen LogP contribution in [0, 0.1) is 0 Å². The van der Waals surface area contributed by atoms with E-state index in [0.29, 0.717) is 19.4 Å². The molecule has 0 N–H and O–H groups in total. The van der Waals surface area contributed by atoms with E-state index < -0.39 is 0 Å². The highest BCUT2D eigenvalue weighted by molar-refractivity contribution is 7.20. The van der Waals surface area contributed by atoms with Crippen LogP contribution in [0.25, 0.3) is 10.2 Å². The topological polar surface area (TPSA) is 62.7 Å². The highest BCUT2D eigenvalue weighted by Gasteiger charge is 2.33. The van der Waals surface area contributed by atoms with Crippen LogP contribution < -0.4 is 4.74 Å². The number of thiophene rings is 1. The molecule has 1 aromatic carbocycles. The molecule has 1 fully saturated rings. The van der Waals surface area contributed by atoms with E-state index in [4.69, 9.17) is 4.74 Å². The van der Waals surface area contributed by atoms with Gasteiger partial charge in [-0.3, -0.25) is 9.59 Å². The Labute approximate surface area is 186 Å². The number of amides is 2. The fourth-order valence-electron chi connectivity index (χ4n) is 4.14. The zero-order chi connectivity index (χ0) is 22.0. The number of hydrogen-bond donors (Lipinski definition) is 0. The Hall–Kier alpha value is -2.93. The molecule has 2 amide bonds. The van der Waals surface area contributed by atoms with Crippen LogP contribution in [-0.2, 0) is 11.2 Å². The molecule has 1 aliphatic rings. The summed E-state index contributed by atoms with van der Waals surface area (Å²) in [5.41, 5.74) is 2.18. The summed E-state index contributed by atoms with van der Waals surface area (Å²) in [5.74, 6) is 1.14. The quantitative estimate of drug-likeness (QED) is 0.586. The molecule has 1 aliphatic heterocycles. The van der Waals surface area contributed by atoms with Crippen LogP contribution in [0.1, 0.15) is 39.6 Å². The zero-order valence-corrected chi connectivity index (χ0v) is 18.9. The van der Waals surface area contributed by atoms with E-state index in [-0.39, 0.29) is 17.7 Å². The minimum absolute atomic E-state index is 0.00211. The van der Waals surface area contributed by atoms with Gasteiger partial charge < -0.3 is 14.5 Å². The predicted octanol–water partition coefficient (Wildman–Crippen LogP) is 3.96. The molecule has 3 heterocycles. The Morgan fingerprint density at radius 2 is 2.00 bits per heavy atom. The third kappa shape index (κ3) is 4.42. The number of methoxy groups -OCH3 is 1. The van der Waals surface area contributed by atoms with Gasteiger partial charge in [-0.05, 0) is 42.2 Å². The number of ether oxygens (including phenoxy) is 1. The van der Waals surface area contributed by atoms with E-state index in [0.717, 1.165) is 44.9 Å². The first kappa shape index (κ1) is 21.3. The maximum atomic E-state index is 12.9. The van der Waals surface area contributed by atoms with E-state index in [9.17, 15) is 9.59 Å². The van der Waals surface area contributed by atoms with Crippen LogP contribution in [0.5, 0.6) is 5.75 Å². The summed E-state index contributed by atoms with van der Waals surface area (Å²) in [7, 11) is 5.19. The predicted molar refractivity (Wildman–Crippen MR) is 123 cm³/mol. The summed E-state index contributed by atoms with van der Waals surface area (Å²) in [5, 5.41) is 1.04. The molecular weight excluding hydrogens is 410 g/mol. The zero-order valence-electron chi connectivity index (χ0n) is 18.1. The van der Waals surface area contributed by atoms with Gasteiger partial charge in [0.2, 0.25) is 5.91 Å². The third-order valence-electron chi connectivity index (χ3n) is 5.84. The average Bonchev–Trinajstić information content (AvgIpc) is 3.41. The number of aryl methyl sites for hydroxylation is 1. The maximum Gasteiger partial charge on any atom is 0.263 e. The lowest BCUT2D eigenvalue weighted by Crippen LogP contribution is -2.29. The number of fused-ring (bicyclic) bond motifs is 1. The molecule has 7 heteroatoms. The monoisotopic (exact) mass is 437 g/mol.